The fraction of sp³-hybridized carbons (Fsp3) is 0.231. The maximum atomic E-state index is 13.7. The Labute approximate surface area is 223 Å². The number of methoxy groups -OCH3 is 1. The number of anilines is 2. The van der Waals surface area contributed by atoms with Gasteiger partial charge in [-0.1, -0.05) is 42.5 Å². The van der Waals surface area contributed by atoms with Gasteiger partial charge < -0.3 is 15.0 Å². The van der Waals surface area contributed by atoms with Gasteiger partial charge in [-0.15, -0.1) is 0 Å². The molecule has 206 valence electrons. The van der Waals surface area contributed by atoms with E-state index in [9.17, 15) is 31.2 Å². The molecule has 4 rings (SSSR count). The molecule has 2 atom stereocenters. The Bertz CT molecular complexity index is 1470. The molecule has 1 saturated carbocycles. The van der Waals surface area contributed by atoms with Crippen molar-refractivity contribution in [2.75, 3.05) is 23.8 Å². The number of para-hydroxylation sites is 1. The summed E-state index contributed by atoms with van der Waals surface area (Å²) < 4.78 is 73.5. The molecule has 0 spiro atoms. The monoisotopic (exact) mass is 562 g/mol. The number of nitrogens with zero attached hydrogens (tertiary/aromatic N) is 1. The van der Waals surface area contributed by atoms with Gasteiger partial charge in [-0.2, -0.15) is 21.6 Å². The third-order valence-corrected chi connectivity index (χ3v) is 7.29. The predicted molar refractivity (Wildman–Crippen MR) is 139 cm³/mol. The van der Waals surface area contributed by atoms with Crippen LogP contribution in [0, 0.1) is 0 Å². The number of benzene rings is 3. The van der Waals surface area contributed by atoms with Crippen LogP contribution in [0.4, 0.5) is 29.3 Å². The molecule has 0 aliphatic heterocycles. The van der Waals surface area contributed by atoms with Crippen molar-refractivity contribution in [1.29, 1.82) is 0 Å². The summed E-state index contributed by atoms with van der Waals surface area (Å²) in [6.07, 6.45) is -4.66. The number of alkyl halides is 3. The van der Waals surface area contributed by atoms with Crippen molar-refractivity contribution < 1.29 is 35.9 Å². The highest BCUT2D eigenvalue weighted by molar-refractivity contribution is 7.91. The van der Waals surface area contributed by atoms with Crippen LogP contribution in [-0.2, 0) is 21.2 Å². The molecule has 39 heavy (non-hydrogen) atoms. The number of urea groups is 1. The quantitative estimate of drug-likeness (QED) is 0.380. The minimum atomic E-state index is -4.83. The molecule has 1 fully saturated rings. The Balaban J connectivity index is 1.56. The van der Waals surface area contributed by atoms with Gasteiger partial charge in [0.25, 0.3) is 5.91 Å². The third kappa shape index (κ3) is 6.08. The molecule has 3 aromatic carbocycles. The number of ether oxygens (including phenoxy) is 1. The van der Waals surface area contributed by atoms with Crippen LogP contribution in [0.25, 0.3) is 0 Å². The summed E-state index contributed by atoms with van der Waals surface area (Å²) >= 11 is 0. The zero-order chi connectivity index (χ0) is 28.4. The van der Waals surface area contributed by atoms with Gasteiger partial charge in [0, 0.05) is 18.7 Å². The highest BCUT2D eigenvalue weighted by Crippen LogP contribution is 2.52. The smallest absolute Gasteiger partial charge is 0.418 e. The molecule has 3 N–H and O–H groups in total. The van der Waals surface area contributed by atoms with Crippen LogP contribution in [0.2, 0.25) is 0 Å². The molecule has 3 amide bonds. The second-order valence-electron chi connectivity index (χ2n) is 8.91. The Morgan fingerprint density at radius 3 is 2.21 bits per heavy atom. The molecular weight excluding hydrogens is 537 g/mol. The standard InChI is InChI=1S/C26H25F3N4O5S/c1-33(18-12-14-19(38-2)15-13-18)23(34)25(16-21(25)17-8-4-3-5-9-17)30-24(35)32-39(36,37)31-22-11-7-6-10-20(22)26(27,28)29/h3-15,21,31H,16H2,1-2H3,(H2,30,32,35)/t21-,25?/m1/s1. The Kier molecular flexibility index (Phi) is 7.46. The van der Waals surface area contributed by atoms with Crippen LogP contribution in [0.5, 0.6) is 5.75 Å². The fourth-order valence-electron chi connectivity index (χ4n) is 4.34. The number of rotatable bonds is 8. The first-order chi connectivity index (χ1) is 18.4. The predicted octanol–water partition coefficient (Wildman–Crippen LogP) is 4.26. The van der Waals surface area contributed by atoms with Crippen molar-refractivity contribution in [1.82, 2.24) is 10.0 Å². The lowest BCUT2D eigenvalue weighted by Gasteiger charge is -2.26. The highest BCUT2D eigenvalue weighted by atomic mass is 32.2. The molecular formula is C26H25F3N4O5S. The molecule has 0 radical (unpaired) electrons. The van der Waals surface area contributed by atoms with E-state index in [4.69, 9.17) is 4.74 Å². The summed E-state index contributed by atoms with van der Waals surface area (Å²) in [6, 6.07) is 18.1. The molecule has 3 aromatic rings. The van der Waals surface area contributed by atoms with Crippen LogP contribution in [0.15, 0.2) is 78.9 Å². The van der Waals surface area contributed by atoms with E-state index in [2.05, 4.69) is 5.32 Å². The van der Waals surface area contributed by atoms with E-state index in [-0.39, 0.29) is 6.42 Å². The van der Waals surface area contributed by atoms with E-state index in [1.165, 1.54) is 25.1 Å². The minimum Gasteiger partial charge on any atom is -0.497 e. The molecule has 0 aromatic heterocycles. The topological polar surface area (TPSA) is 117 Å². The van der Waals surface area contributed by atoms with Crippen LogP contribution < -0.4 is 24.4 Å². The molecule has 0 heterocycles. The van der Waals surface area contributed by atoms with Gasteiger partial charge in [0.2, 0.25) is 0 Å². The maximum absolute atomic E-state index is 13.7. The second kappa shape index (κ2) is 10.5. The molecule has 1 unspecified atom stereocenters. The number of nitrogens with one attached hydrogen (secondary N) is 3. The van der Waals surface area contributed by atoms with Crippen LogP contribution in [0.1, 0.15) is 23.5 Å². The molecule has 9 nitrogen and oxygen atoms in total. The van der Waals surface area contributed by atoms with Crippen molar-refractivity contribution in [3.63, 3.8) is 0 Å². The van der Waals surface area contributed by atoms with Crippen molar-refractivity contribution in [3.05, 3.63) is 90.0 Å². The summed E-state index contributed by atoms with van der Waals surface area (Å²) in [7, 11) is -1.79. The van der Waals surface area contributed by atoms with Gasteiger partial charge in [-0.3, -0.25) is 9.52 Å². The number of halogens is 3. The van der Waals surface area contributed by atoms with Gasteiger partial charge in [0.15, 0.2) is 0 Å². The largest absolute Gasteiger partial charge is 0.497 e. The maximum Gasteiger partial charge on any atom is 0.418 e. The number of hydrogen-bond acceptors (Lipinski definition) is 5. The van der Waals surface area contributed by atoms with E-state index in [0.717, 1.165) is 17.7 Å². The van der Waals surface area contributed by atoms with Gasteiger partial charge in [-0.05, 0) is 48.4 Å². The lowest BCUT2D eigenvalue weighted by molar-refractivity contribution is -0.136. The summed E-state index contributed by atoms with van der Waals surface area (Å²) in [5.41, 5.74) is -2.24. The molecule has 1 aliphatic carbocycles. The third-order valence-electron chi connectivity index (χ3n) is 6.35. The molecule has 1 aliphatic rings. The SMILES string of the molecule is COc1ccc(N(C)C(=O)C2(NC(=O)NS(=O)(=O)Nc3ccccc3C(F)(F)F)C[C@@H]2c2ccccc2)cc1. The number of hydrogen-bond donors (Lipinski definition) is 3. The van der Waals surface area contributed by atoms with Crippen molar-refractivity contribution >= 4 is 33.5 Å². The highest BCUT2D eigenvalue weighted by Gasteiger charge is 2.63. The van der Waals surface area contributed by atoms with Crippen molar-refractivity contribution in [3.8, 4) is 5.75 Å². The first-order valence-electron chi connectivity index (χ1n) is 11.6. The average Bonchev–Trinajstić information content (AvgIpc) is 3.62. The van der Waals surface area contributed by atoms with E-state index < -0.39 is 51.0 Å². The van der Waals surface area contributed by atoms with Crippen LogP contribution >= 0.6 is 0 Å². The number of amides is 3. The summed E-state index contributed by atoms with van der Waals surface area (Å²) in [5.74, 6) is -0.408. The van der Waals surface area contributed by atoms with Gasteiger partial charge in [0.1, 0.15) is 11.3 Å². The molecule has 0 saturated heterocycles. The lowest BCUT2D eigenvalue weighted by atomic mass is 10.0. The van der Waals surface area contributed by atoms with E-state index >= 15 is 0 Å². The zero-order valence-electron chi connectivity index (χ0n) is 20.8. The lowest BCUT2D eigenvalue weighted by Crippen LogP contribution is -2.55. The zero-order valence-corrected chi connectivity index (χ0v) is 21.6. The van der Waals surface area contributed by atoms with E-state index in [1.54, 1.807) is 64.0 Å². The Hall–Kier alpha value is -4.26. The number of carbonyl (C=O) groups is 2. The fourth-order valence-corrected chi connectivity index (χ4v) is 5.15. The first-order valence-corrected chi connectivity index (χ1v) is 13.1. The Morgan fingerprint density at radius 2 is 1.59 bits per heavy atom. The van der Waals surface area contributed by atoms with Crippen molar-refractivity contribution in [2.45, 2.75) is 24.1 Å². The van der Waals surface area contributed by atoms with Gasteiger partial charge in [-0.25, -0.2) is 9.52 Å². The normalized spacial score (nSPS) is 18.5. The average molecular weight is 563 g/mol. The summed E-state index contributed by atoms with van der Waals surface area (Å²) in [5, 5.41) is 2.47. The van der Waals surface area contributed by atoms with Crippen LogP contribution in [0.3, 0.4) is 0 Å². The van der Waals surface area contributed by atoms with E-state index in [1.807, 2.05) is 0 Å². The summed E-state index contributed by atoms with van der Waals surface area (Å²) in [4.78, 5) is 27.9. The Morgan fingerprint density at radius 1 is 0.974 bits per heavy atom. The first kappa shape index (κ1) is 27.8. The number of likely N-dealkylation sites (N-methyl/N-ethyl adjacent to an activating group) is 1. The molecule has 13 heteroatoms. The molecule has 0 bridgehead atoms. The number of carbonyl (C=O) groups excluding carboxylic acids is 2. The van der Waals surface area contributed by atoms with Crippen molar-refractivity contribution in [2.24, 2.45) is 0 Å². The van der Waals surface area contributed by atoms with E-state index in [0.29, 0.717) is 17.5 Å². The van der Waals surface area contributed by atoms with Gasteiger partial charge >= 0.3 is 22.4 Å². The minimum absolute atomic E-state index is 0.175. The summed E-state index contributed by atoms with van der Waals surface area (Å²) in [6.45, 7) is 0. The van der Waals surface area contributed by atoms with Gasteiger partial charge in [0.05, 0.1) is 18.4 Å². The second-order valence-corrected chi connectivity index (χ2v) is 10.3. The van der Waals surface area contributed by atoms with Crippen LogP contribution in [-0.4, -0.2) is 40.1 Å².